The Labute approximate surface area is 111 Å². The number of anilines is 1. The number of carbonyl (C=O) groups is 2. The van der Waals surface area contributed by atoms with Crippen LogP contribution < -0.4 is 4.90 Å². The number of benzene rings is 1. The number of amides is 1. The van der Waals surface area contributed by atoms with Crippen molar-refractivity contribution in [3.63, 3.8) is 0 Å². The van der Waals surface area contributed by atoms with Crippen LogP contribution in [0.5, 0.6) is 0 Å². The molecule has 1 aliphatic heterocycles. The first kappa shape index (κ1) is 13.5. The van der Waals surface area contributed by atoms with Crippen LogP contribution >= 0.6 is 0 Å². The SMILES string of the molecule is CCOCCCN1C(=O)Cc2ccc(C(=O)O)cc21. The van der Waals surface area contributed by atoms with Crippen molar-refractivity contribution in [3.8, 4) is 0 Å². The van der Waals surface area contributed by atoms with Crippen LogP contribution in [0.3, 0.4) is 0 Å². The molecule has 0 aliphatic carbocycles. The molecule has 2 rings (SSSR count). The van der Waals surface area contributed by atoms with Gasteiger partial charge in [-0.2, -0.15) is 0 Å². The Bertz CT molecular complexity index is 498. The molecule has 0 unspecified atom stereocenters. The molecule has 102 valence electrons. The average molecular weight is 263 g/mol. The van der Waals surface area contributed by atoms with E-state index in [0.717, 1.165) is 17.7 Å². The molecule has 1 aliphatic rings. The Kier molecular flexibility index (Phi) is 4.16. The zero-order chi connectivity index (χ0) is 13.8. The van der Waals surface area contributed by atoms with E-state index in [0.29, 0.717) is 26.2 Å². The van der Waals surface area contributed by atoms with E-state index in [4.69, 9.17) is 9.84 Å². The van der Waals surface area contributed by atoms with Gasteiger partial charge in [0.05, 0.1) is 12.0 Å². The Morgan fingerprint density at radius 3 is 2.95 bits per heavy atom. The Morgan fingerprint density at radius 2 is 2.26 bits per heavy atom. The molecule has 1 aromatic rings. The third kappa shape index (κ3) is 2.93. The summed E-state index contributed by atoms with van der Waals surface area (Å²) < 4.78 is 5.25. The van der Waals surface area contributed by atoms with Gasteiger partial charge in [0.15, 0.2) is 0 Å². The van der Waals surface area contributed by atoms with Gasteiger partial charge in [0, 0.05) is 25.4 Å². The fourth-order valence-corrected chi connectivity index (χ4v) is 2.20. The first-order valence-electron chi connectivity index (χ1n) is 6.37. The summed E-state index contributed by atoms with van der Waals surface area (Å²) in [6.45, 7) is 3.76. The average Bonchev–Trinajstić information content (AvgIpc) is 2.70. The second kappa shape index (κ2) is 5.84. The van der Waals surface area contributed by atoms with Gasteiger partial charge in [-0.1, -0.05) is 6.07 Å². The number of ether oxygens (including phenoxy) is 1. The van der Waals surface area contributed by atoms with Gasteiger partial charge in [0.1, 0.15) is 0 Å². The molecule has 1 heterocycles. The second-order valence-corrected chi connectivity index (χ2v) is 4.42. The molecule has 0 aromatic heterocycles. The largest absolute Gasteiger partial charge is 0.478 e. The summed E-state index contributed by atoms with van der Waals surface area (Å²) in [5.74, 6) is -0.953. The number of nitrogens with zero attached hydrogens (tertiary/aromatic N) is 1. The van der Waals surface area contributed by atoms with Gasteiger partial charge < -0.3 is 14.7 Å². The number of carbonyl (C=O) groups excluding carboxylic acids is 1. The summed E-state index contributed by atoms with van der Waals surface area (Å²) in [5, 5.41) is 8.99. The number of aromatic carboxylic acids is 1. The van der Waals surface area contributed by atoms with E-state index < -0.39 is 5.97 Å². The number of rotatable bonds is 6. The lowest BCUT2D eigenvalue weighted by atomic mass is 10.1. The molecule has 5 heteroatoms. The van der Waals surface area contributed by atoms with Gasteiger partial charge in [-0.3, -0.25) is 4.79 Å². The van der Waals surface area contributed by atoms with Crippen LogP contribution in [0.4, 0.5) is 5.69 Å². The van der Waals surface area contributed by atoms with Gasteiger partial charge in [-0.15, -0.1) is 0 Å². The third-order valence-corrected chi connectivity index (χ3v) is 3.14. The van der Waals surface area contributed by atoms with E-state index in [1.165, 1.54) is 6.07 Å². The predicted molar refractivity (Wildman–Crippen MR) is 70.6 cm³/mol. The molecule has 5 nitrogen and oxygen atoms in total. The van der Waals surface area contributed by atoms with E-state index in [-0.39, 0.29) is 11.5 Å². The zero-order valence-electron chi connectivity index (χ0n) is 10.9. The molecule has 0 radical (unpaired) electrons. The Hall–Kier alpha value is -1.88. The smallest absolute Gasteiger partial charge is 0.335 e. The first-order chi connectivity index (χ1) is 9.13. The molecule has 0 saturated carbocycles. The quantitative estimate of drug-likeness (QED) is 0.793. The highest BCUT2D eigenvalue weighted by atomic mass is 16.5. The van der Waals surface area contributed by atoms with Crippen LogP contribution in [-0.2, 0) is 16.0 Å². The zero-order valence-corrected chi connectivity index (χ0v) is 10.9. The van der Waals surface area contributed by atoms with Gasteiger partial charge in [0.25, 0.3) is 0 Å². The molecule has 1 amide bonds. The molecule has 0 fully saturated rings. The maximum atomic E-state index is 11.9. The van der Waals surface area contributed by atoms with Crippen molar-refractivity contribution in [3.05, 3.63) is 29.3 Å². The standard InChI is InChI=1S/C14H17NO4/c1-2-19-7-3-6-15-12-8-11(14(17)18)5-4-10(12)9-13(15)16/h4-5,8H,2-3,6-7,9H2,1H3,(H,17,18). The minimum absolute atomic E-state index is 0.0223. The number of carboxylic acids is 1. The van der Waals surface area contributed by atoms with Crippen LogP contribution in [-0.4, -0.2) is 36.7 Å². The van der Waals surface area contributed by atoms with Gasteiger partial charge in [0.2, 0.25) is 5.91 Å². The molecule has 0 saturated heterocycles. The number of hydrogen-bond donors (Lipinski definition) is 1. The minimum atomic E-state index is -0.976. The summed E-state index contributed by atoms with van der Waals surface area (Å²) in [7, 11) is 0. The maximum absolute atomic E-state index is 11.9. The lowest BCUT2D eigenvalue weighted by Gasteiger charge is -2.17. The topological polar surface area (TPSA) is 66.8 Å². The molecule has 0 atom stereocenters. The number of hydrogen-bond acceptors (Lipinski definition) is 3. The van der Waals surface area contributed by atoms with Gasteiger partial charge in [-0.25, -0.2) is 4.79 Å². The lowest BCUT2D eigenvalue weighted by molar-refractivity contribution is -0.117. The van der Waals surface area contributed by atoms with E-state index in [1.807, 2.05) is 6.92 Å². The predicted octanol–water partition coefficient (Wildman–Crippen LogP) is 1.70. The highest BCUT2D eigenvalue weighted by Gasteiger charge is 2.27. The third-order valence-electron chi connectivity index (χ3n) is 3.14. The van der Waals surface area contributed by atoms with Crippen molar-refractivity contribution < 1.29 is 19.4 Å². The monoisotopic (exact) mass is 263 g/mol. The summed E-state index contributed by atoms with van der Waals surface area (Å²) in [6.07, 6.45) is 1.10. The normalized spacial score (nSPS) is 13.7. The van der Waals surface area contributed by atoms with Crippen LogP contribution in [0.25, 0.3) is 0 Å². The number of fused-ring (bicyclic) bond motifs is 1. The van der Waals surface area contributed by atoms with Crippen molar-refractivity contribution in [2.45, 2.75) is 19.8 Å². The first-order valence-corrected chi connectivity index (χ1v) is 6.37. The summed E-state index contributed by atoms with van der Waals surface area (Å²) in [5.41, 5.74) is 1.83. The highest BCUT2D eigenvalue weighted by Crippen LogP contribution is 2.30. The van der Waals surface area contributed by atoms with Crippen LogP contribution in [0.15, 0.2) is 18.2 Å². The molecule has 1 N–H and O–H groups in total. The Morgan fingerprint density at radius 1 is 1.47 bits per heavy atom. The molecule has 0 spiro atoms. The van der Waals surface area contributed by atoms with E-state index in [9.17, 15) is 9.59 Å². The summed E-state index contributed by atoms with van der Waals surface area (Å²) in [4.78, 5) is 24.5. The summed E-state index contributed by atoms with van der Waals surface area (Å²) in [6, 6.07) is 4.83. The van der Waals surface area contributed by atoms with Crippen molar-refractivity contribution in [2.75, 3.05) is 24.7 Å². The van der Waals surface area contributed by atoms with E-state index in [1.54, 1.807) is 17.0 Å². The second-order valence-electron chi connectivity index (χ2n) is 4.42. The van der Waals surface area contributed by atoms with Crippen LogP contribution in [0, 0.1) is 0 Å². The molecule has 0 bridgehead atoms. The number of carboxylic acid groups (broad SMARTS) is 1. The van der Waals surface area contributed by atoms with E-state index >= 15 is 0 Å². The fraction of sp³-hybridized carbons (Fsp3) is 0.429. The van der Waals surface area contributed by atoms with Crippen LogP contribution in [0.1, 0.15) is 29.3 Å². The fourth-order valence-electron chi connectivity index (χ4n) is 2.20. The molecular weight excluding hydrogens is 246 g/mol. The summed E-state index contributed by atoms with van der Waals surface area (Å²) >= 11 is 0. The minimum Gasteiger partial charge on any atom is -0.478 e. The van der Waals surface area contributed by atoms with Crippen molar-refractivity contribution in [2.24, 2.45) is 0 Å². The Balaban J connectivity index is 2.12. The van der Waals surface area contributed by atoms with Crippen molar-refractivity contribution >= 4 is 17.6 Å². The molecular formula is C14H17NO4. The van der Waals surface area contributed by atoms with Gasteiger partial charge in [-0.05, 0) is 31.0 Å². The van der Waals surface area contributed by atoms with Crippen LogP contribution in [0.2, 0.25) is 0 Å². The molecule has 1 aromatic carbocycles. The van der Waals surface area contributed by atoms with E-state index in [2.05, 4.69) is 0 Å². The van der Waals surface area contributed by atoms with Crippen molar-refractivity contribution in [1.82, 2.24) is 0 Å². The molecule has 19 heavy (non-hydrogen) atoms. The van der Waals surface area contributed by atoms with Crippen molar-refractivity contribution in [1.29, 1.82) is 0 Å². The highest BCUT2D eigenvalue weighted by molar-refractivity contribution is 6.03. The lowest BCUT2D eigenvalue weighted by Crippen LogP contribution is -2.28. The van der Waals surface area contributed by atoms with Gasteiger partial charge >= 0.3 is 5.97 Å². The maximum Gasteiger partial charge on any atom is 0.335 e.